The highest BCUT2D eigenvalue weighted by Gasteiger charge is 2.32. The molecule has 2 aromatic rings. The second kappa shape index (κ2) is 7.41. The van der Waals surface area contributed by atoms with Crippen molar-refractivity contribution in [3.05, 3.63) is 54.1 Å². The number of hydrogen-bond donors (Lipinski definition) is 1. The van der Waals surface area contributed by atoms with Crippen LogP contribution >= 0.6 is 11.8 Å². The second-order valence-electron chi connectivity index (χ2n) is 4.69. The van der Waals surface area contributed by atoms with E-state index >= 15 is 0 Å². The summed E-state index contributed by atoms with van der Waals surface area (Å²) in [4.78, 5) is 12.8. The molecule has 0 bridgehead atoms. The number of benzene rings is 2. The summed E-state index contributed by atoms with van der Waals surface area (Å²) in [6, 6.07) is 13.0. The van der Waals surface area contributed by atoms with Gasteiger partial charge in [0.25, 0.3) is 0 Å². The predicted molar refractivity (Wildman–Crippen MR) is 83.7 cm³/mol. The number of carbonyl (C=O) groups excluding carboxylic acids is 1. The van der Waals surface area contributed by atoms with E-state index in [1.807, 2.05) is 31.2 Å². The van der Waals surface area contributed by atoms with Crippen molar-refractivity contribution in [3.8, 4) is 5.75 Å². The van der Waals surface area contributed by atoms with Crippen LogP contribution in [-0.4, -0.2) is 18.0 Å². The van der Waals surface area contributed by atoms with Crippen molar-refractivity contribution in [2.75, 3.05) is 11.1 Å². The van der Waals surface area contributed by atoms with E-state index in [1.165, 1.54) is 30.0 Å². The van der Waals surface area contributed by atoms with Crippen LogP contribution in [0.4, 0.5) is 18.9 Å². The lowest BCUT2D eigenvalue weighted by molar-refractivity contribution is -0.274. The first-order chi connectivity index (χ1) is 10.8. The number of carbonyl (C=O) groups is 1. The van der Waals surface area contributed by atoms with Crippen LogP contribution in [0.3, 0.4) is 0 Å². The fraction of sp³-hybridized carbons (Fsp3) is 0.188. The molecule has 0 saturated heterocycles. The van der Waals surface area contributed by atoms with Gasteiger partial charge in [-0.2, -0.15) is 0 Å². The molecule has 122 valence electrons. The number of para-hydroxylation sites is 2. The first kappa shape index (κ1) is 17.2. The van der Waals surface area contributed by atoms with Crippen LogP contribution in [0.5, 0.6) is 5.75 Å². The van der Waals surface area contributed by atoms with Crippen LogP contribution in [0.15, 0.2) is 53.4 Å². The largest absolute Gasteiger partial charge is 0.573 e. The maximum Gasteiger partial charge on any atom is 0.573 e. The standard InChI is InChI=1S/C16H14F3NO2S/c1-11-6-8-12(9-7-11)23-10-15(21)20-13-4-2-3-5-14(13)22-16(17,18)19/h2-9H,10H2,1H3,(H,20,21). The molecule has 1 amide bonds. The molecule has 0 atom stereocenters. The molecule has 0 radical (unpaired) electrons. The summed E-state index contributed by atoms with van der Waals surface area (Å²) in [6.45, 7) is 1.96. The van der Waals surface area contributed by atoms with E-state index in [1.54, 1.807) is 0 Å². The maximum absolute atomic E-state index is 12.3. The lowest BCUT2D eigenvalue weighted by Gasteiger charge is -2.13. The Hall–Kier alpha value is -2.15. The Balaban J connectivity index is 1.96. The third-order valence-electron chi connectivity index (χ3n) is 2.78. The van der Waals surface area contributed by atoms with Gasteiger partial charge >= 0.3 is 6.36 Å². The summed E-state index contributed by atoms with van der Waals surface area (Å²) < 4.78 is 40.9. The average Bonchev–Trinajstić information content (AvgIpc) is 2.47. The van der Waals surface area contributed by atoms with E-state index in [2.05, 4.69) is 10.1 Å². The fourth-order valence-corrected chi connectivity index (χ4v) is 2.45. The van der Waals surface area contributed by atoms with Gasteiger partial charge in [0, 0.05) is 4.90 Å². The maximum atomic E-state index is 12.3. The van der Waals surface area contributed by atoms with Crippen LogP contribution in [0.2, 0.25) is 0 Å². The minimum Gasteiger partial charge on any atom is -0.404 e. The molecule has 3 nitrogen and oxygen atoms in total. The molecular weight excluding hydrogens is 327 g/mol. The normalized spacial score (nSPS) is 11.1. The van der Waals surface area contributed by atoms with Crippen molar-refractivity contribution >= 4 is 23.4 Å². The molecule has 0 heterocycles. The Morgan fingerprint density at radius 2 is 1.78 bits per heavy atom. The Kier molecular flexibility index (Phi) is 5.54. The van der Waals surface area contributed by atoms with Gasteiger partial charge in [0.15, 0.2) is 5.75 Å². The van der Waals surface area contributed by atoms with Crippen molar-refractivity contribution < 1.29 is 22.7 Å². The number of rotatable bonds is 5. The molecule has 0 aliphatic rings. The van der Waals surface area contributed by atoms with E-state index in [4.69, 9.17) is 0 Å². The summed E-state index contributed by atoms with van der Waals surface area (Å²) in [5.41, 5.74) is 1.09. The number of alkyl halides is 3. The number of ether oxygens (including phenoxy) is 1. The minimum atomic E-state index is -4.81. The summed E-state index contributed by atoms with van der Waals surface area (Å²) in [5, 5.41) is 2.43. The lowest BCUT2D eigenvalue weighted by atomic mass is 10.2. The summed E-state index contributed by atoms with van der Waals surface area (Å²) in [7, 11) is 0. The van der Waals surface area contributed by atoms with Crippen LogP contribution in [0, 0.1) is 6.92 Å². The quantitative estimate of drug-likeness (QED) is 0.806. The molecule has 7 heteroatoms. The third kappa shape index (κ3) is 5.86. The Labute approximate surface area is 135 Å². The molecule has 0 aromatic heterocycles. The highest BCUT2D eigenvalue weighted by molar-refractivity contribution is 8.00. The van der Waals surface area contributed by atoms with E-state index in [9.17, 15) is 18.0 Å². The Morgan fingerprint density at radius 1 is 1.13 bits per heavy atom. The van der Waals surface area contributed by atoms with Gasteiger partial charge < -0.3 is 10.1 Å². The monoisotopic (exact) mass is 341 g/mol. The number of halogens is 3. The van der Waals surface area contributed by atoms with Crippen LogP contribution in [-0.2, 0) is 4.79 Å². The zero-order chi connectivity index (χ0) is 16.9. The van der Waals surface area contributed by atoms with Gasteiger partial charge in [0.2, 0.25) is 5.91 Å². The summed E-state index contributed by atoms with van der Waals surface area (Å²) in [6.07, 6.45) is -4.81. The molecule has 2 rings (SSSR count). The van der Waals surface area contributed by atoms with Gasteiger partial charge in [-0.25, -0.2) is 0 Å². The Morgan fingerprint density at radius 3 is 2.43 bits per heavy atom. The number of nitrogens with one attached hydrogen (secondary N) is 1. The van der Waals surface area contributed by atoms with Crippen molar-refractivity contribution in [3.63, 3.8) is 0 Å². The van der Waals surface area contributed by atoms with Gasteiger partial charge in [0.05, 0.1) is 11.4 Å². The van der Waals surface area contributed by atoms with E-state index in [0.29, 0.717) is 0 Å². The molecular formula is C16H14F3NO2S. The van der Waals surface area contributed by atoms with Gasteiger partial charge in [-0.3, -0.25) is 4.79 Å². The first-order valence-electron chi connectivity index (χ1n) is 6.67. The molecule has 0 fully saturated rings. The van der Waals surface area contributed by atoms with E-state index in [-0.39, 0.29) is 11.4 Å². The van der Waals surface area contributed by atoms with Gasteiger partial charge in [-0.05, 0) is 31.2 Å². The SMILES string of the molecule is Cc1ccc(SCC(=O)Nc2ccccc2OC(F)(F)F)cc1. The molecule has 0 saturated carbocycles. The highest BCUT2D eigenvalue weighted by Crippen LogP contribution is 2.30. The molecule has 0 aliphatic heterocycles. The van der Waals surface area contributed by atoms with Crippen molar-refractivity contribution in [2.45, 2.75) is 18.2 Å². The molecule has 1 N–H and O–H groups in total. The minimum absolute atomic E-state index is 0.0145. The zero-order valence-corrected chi connectivity index (χ0v) is 13.0. The number of aryl methyl sites for hydroxylation is 1. The number of hydrogen-bond acceptors (Lipinski definition) is 3. The lowest BCUT2D eigenvalue weighted by Crippen LogP contribution is -2.20. The summed E-state index contributed by atoms with van der Waals surface area (Å²) >= 11 is 1.30. The van der Waals surface area contributed by atoms with Crippen molar-refractivity contribution in [2.24, 2.45) is 0 Å². The third-order valence-corrected chi connectivity index (χ3v) is 3.79. The molecule has 0 spiro atoms. The first-order valence-corrected chi connectivity index (χ1v) is 7.66. The zero-order valence-electron chi connectivity index (χ0n) is 12.2. The number of thioether (sulfide) groups is 1. The molecule has 23 heavy (non-hydrogen) atoms. The number of anilines is 1. The van der Waals surface area contributed by atoms with Crippen LogP contribution in [0.25, 0.3) is 0 Å². The second-order valence-corrected chi connectivity index (χ2v) is 5.74. The Bertz CT molecular complexity index is 672. The highest BCUT2D eigenvalue weighted by atomic mass is 32.2. The van der Waals surface area contributed by atoms with Crippen molar-refractivity contribution in [1.29, 1.82) is 0 Å². The average molecular weight is 341 g/mol. The smallest absolute Gasteiger partial charge is 0.404 e. The van der Waals surface area contributed by atoms with Gasteiger partial charge in [-0.15, -0.1) is 24.9 Å². The van der Waals surface area contributed by atoms with E-state index < -0.39 is 18.0 Å². The molecule has 0 unspecified atom stereocenters. The van der Waals surface area contributed by atoms with E-state index in [0.717, 1.165) is 16.5 Å². The molecule has 2 aromatic carbocycles. The summed E-state index contributed by atoms with van der Waals surface area (Å²) in [5.74, 6) is -0.758. The van der Waals surface area contributed by atoms with Crippen LogP contribution < -0.4 is 10.1 Å². The number of amides is 1. The molecule has 0 aliphatic carbocycles. The van der Waals surface area contributed by atoms with Crippen molar-refractivity contribution in [1.82, 2.24) is 0 Å². The van der Waals surface area contributed by atoms with Crippen LogP contribution in [0.1, 0.15) is 5.56 Å². The van der Waals surface area contributed by atoms with Gasteiger partial charge in [0.1, 0.15) is 0 Å². The van der Waals surface area contributed by atoms with Gasteiger partial charge in [-0.1, -0.05) is 29.8 Å². The topological polar surface area (TPSA) is 38.3 Å². The predicted octanol–water partition coefficient (Wildman–Crippen LogP) is 4.62. The fourth-order valence-electron chi connectivity index (χ4n) is 1.75.